The molecule has 8 nitrogen and oxygen atoms in total. The second-order valence-corrected chi connectivity index (χ2v) is 7.13. The van der Waals surface area contributed by atoms with Crippen LogP contribution >= 0.6 is 11.3 Å². The molecule has 0 saturated carbocycles. The quantitative estimate of drug-likeness (QED) is 0.408. The molecule has 0 unspecified atom stereocenters. The van der Waals surface area contributed by atoms with Gasteiger partial charge in [0.2, 0.25) is 0 Å². The number of alkyl halides is 3. The van der Waals surface area contributed by atoms with Crippen molar-refractivity contribution in [3.8, 4) is 17.1 Å². The summed E-state index contributed by atoms with van der Waals surface area (Å²) in [6.07, 6.45) is -1.21. The molecule has 1 aromatic carbocycles. The fraction of sp³-hybridized carbons (Fsp3) is 0.278. The Kier molecular flexibility index (Phi) is 6.45. The number of carbonyl (C=O) groups is 1. The maximum atomic E-state index is 13.2. The van der Waals surface area contributed by atoms with Crippen molar-refractivity contribution in [1.82, 2.24) is 25.0 Å². The summed E-state index contributed by atoms with van der Waals surface area (Å²) in [6.45, 7) is 3.41. The lowest BCUT2D eigenvalue weighted by Gasteiger charge is -2.14. The third-order valence-corrected chi connectivity index (χ3v) is 4.15. The van der Waals surface area contributed by atoms with Crippen molar-refractivity contribution in [3.05, 3.63) is 46.7 Å². The van der Waals surface area contributed by atoms with Gasteiger partial charge in [-0.3, -0.25) is 0 Å². The van der Waals surface area contributed by atoms with Gasteiger partial charge in [0.05, 0.1) is 11.7 Å². The monoisotopic (exact) mass is 439 g/mol. The predicted octanol–water partition coefficient (Wildman–Crippen LogP) is 3.82. The average molecular weight is 439 g/mol. The summed E-state index contributed by atoms with van der Waals surface area (Å²) in [5, 5.41) is 12.0. The normalized spacial score (nSPS) is 11.9. The first kappa shape index (κ1) is 21.4. The maximum absolute atomic E-state index is 13.2. The van der Waals surface area contributed by atoms with Gasteiger partial charge in [-0.25, -0.2) is 14.5 Å². The number of benzene rings is 1. The van der Waals surface area contributed by atoms with E-state index in [1.165, 1.54) is 40.1 Å². The predicted molar refractivity (Wildman–Crippen MR) is 101 cm³/mol. The minimum Gasteiger partial charge on any atom is -0.491 e. The van der Waals surface area contributed by atoms with E-state index in [1.807, 2.05) is 0 Å². The van der Waals surface area contributed by atoms with E-state index in [1.54, 1.807) is 13.8 Å². The lowest BCUT2D eigenvalue weighted by molar-refractivity contribution is -0.139. The number of hydrogen-bond acceptors (Lipinski definition) is 8. The van der Waals surface area contributed by atoms with Crippen LogP contribution in [-0.2, 0) is 22.3 Å². The number of aromatic nitrogens is 5. The van der Waals surface area contributed by atoms with Crippen LogP contribution in [0.3, 0.4) is 0 Å². The average Bonchev–Trinajstić information content (AvgIpc) is 3.35. The molecule has 3 aromatic rings. The lowest BCUT2D eigenvalue weighted by atomic mass is 10.1. The molecule has 0 radical (unpaired) electrons. The first-order valence-corrected chi connectivity index (χ1v) is 9.49. The molecule has 30 heavy (non-hydrogen) atoms. The van der Waals surface area contributed by atoms with Gasteiger partial charge in [0.25, 0.3) is 0 Å². The fourth-order valence-electron chi connectivity index (χ4n) is 2.29. The van der Waals surface area contributed by atoms with Crippen LogP contribution in [0.2, 0.25) is 0 Å². The molecule has 12 heteroatoms. The van der Waals surface area contributed by atoms with Crippen molar-refractivity contribution in [2.24, 2.45) is 0 Å². The lowest BCUT2D eigenvalue weighted by Crippen LogP contribution is -2.09. The second-order valence-electron chi connectivity index (χ2n) is 6.21. The molecule has 2 aromatic heterocycles. The van der Waals surface area contributed by atoms with Crippen LogP contribution in [-0.4, -0.2) is 37.0 Å². The van der Waals surface area contributed by atoms with E-state index in [0.717, 1.165) is 18.2 Å². The first-order valence-electron chi connectivity index (χ1n) is 8.61. The molecule has 0 N–H and O–H groups in total. The zero-order valence-corrected chi connectivity index (χ0v) is 16.6. The standard InChI is InChI=1S/C18H16F3N5O3S/c1-11(2)29-14-6-12(5-13(7-14)18(19,20)21)17-22-9-26(25-17)4-3-16(27)28-8-15-24-23-10-30-15/h3-7,9-11H,8H2,1-2H3/b4-3+. The Balaban J connectivity index is 1.75. The van der Waals surface area contributed by atoms with E-state index in [4.69, 9.17) is 9.47 Å². The molecule has 3 rings (SSSR count). The molecule has 0 fully saturated rings. The Morgan fingerprint density at radius 3 is 2.77 bits per heavy atom. The number of rotatable bonds is 7. The van der Waals surface area contributed by atoms with E-state index in [2.05, 4.69) is 20.3 Å². The van der Waals surface area contributed by atoms with Crippen molar-refractivity contribution in [3.63, 3.8) is 0 Å². The van der Waals surface area contributed by atoms with Gasteiger partial charge in [-0.05, 0) is 32.0 Å². The van der Waals surface area contributed by atoms with Crippen molar-refractivity contribution in [1.29, 1.82) is 0 Å². The summed E-state index contributed by atoms with van der Waals surface area (Å²) in [6, 6.07) is 3.29. The molecule has 158 valence electrons. The maximum Gasteiger partial charge on any atom is 0.416 e. The number of halogens is 3. The van der Waals surface area contributed by atoms with Crippen LogP contribution in [0.25, 0.3) is 17.6 Å². The topological polar surface area (TPSA) is 92.0 Å². The van der Waals surface area contributed by atoms with Gasteiger partial charge in [-0.2, -0.15) is 13.2 Å². The van der Waals surface area contributed by atoms with Gasteiger partial charge in [0.15, 0.2) is 10.8 Å². The molecule has 2 heterocycles. The highest BCUT2D eigenvalue weighted by molar-refractivity contribution is 7.09. The number of esters is 1. The zero-order chi connectivity index (χ0) is 21.7. The summed E-state index contributed by atoms with van der Waals surface area (Å²) >= 11 is 1.25. The van der Waals surface area contributed by atoms with E-state index in [-0.39, 0.29) is 29.8 Å². The number of ether oxygens (including phenoxy) is 2. The summed E-state index contributed by atoms with van der Waals surface area (Å²) in [5.41, 5.74) is 0.774. The molecule has 0 aliphatic carbocycles. The molecule has 0 aliphatic rings. The van der Waals surface area contributed by atoms with Gasteiger partial charge in [0.1, 0.15) is 24.2 Å². The van der Waals surface area contributed by atoms with Crippen LogP contribution in [0.15, 0.2) is 36.1 Å². The number of carbonyl (C=O) groups excluding carboxylic acids is 1. The van der Waals surface area contributed by atoms with E-state index in [0.29, 0.717) is 5.01 Å². The fourth-order valence-corrected chi connectivity index (χ4v) is 2.73. The zero-order valence-electron chi connectivity index (χ0n) is 15.8. The van der Waals surface area contributed by atoms with Gasteiger partial charge in [-0.15, -0.1) is 26.6 Å². The van der Waals surface area contributed by atoms with Crippen LogP contribution in [0, 0.1) is 0 Å². The van der Waals surface area contributed by atoms with Gasteiger partial charge in [0, 0.05) is 17.8 Å². The van der Waals surface area contributed by atoms with E-state index in [9.17, 15) is 18.0 Å². The minimum atomic E-state index is -4.55. The molecule has 0 atom stereocenters. The second kappa shape index (κ2) is 9.03. The van der Waals surface area contributed by atoms with Crippen LogP contribution in [0.5, 0.6) is 5.75 Å². The molecule has 0 spiro atoms. The minimum absolute atomic E-state index is 0.0146. The molecular formula is C18H16F3N5O3S. The summed E-state index contributed by atoms with van der Waals surface area (Å²) in [5.74, 6) is -0.544. The highest BCUT2D eigenvalue weighted by Gasteiger charge is 2.32. The highest BCUT2D eigenvalue weighted by atomic mass is 32.1. The molecule has 0 aliphatic heterocycles. The Morgan fingerprint density at radius 1 is 1.30 bits per heavy atom. The first-order chi connectivity index (χ1) is 14.2. The van der Waals surface area contributed by atoms with Crippen molar-refractivity contribution in [2.75, 3.05) is 0 Å². The van der Waals surface area contributed by atoms with E-state index < -0.39 is 17.7 Å². The van der Waals surface area contributed by atoms with Crippen molar-refractivity contribution in [2.45, 2.75) is 32.7 Å². The van der Waals surface area contributed by atoms with Crippen LogP contribution in [0.4, 0.5) is 13.2 Å². The third-order valence-electron chi connectivity index (χ3n) is 3.48. The molecule has 0 saturated heterocycles. The Morgan fingerprint density at radius 2 is 2.10 bits per heavy atom. The van der Waals surface area contributed by atoms with E-state index >= 15 is 0 Å². The summed E-state index contributed by atoms with van der Waals surface area (Å²) in [7, 11) is 0. The smallest absolute Gasteiger partial charge is 0.416 e. The molecule has 0 bridgehead atoms. The van der Waals surface area contributed by atoms with Gasteiger partial charge < -0.3 is 9.47 Å². The SMILES string of the molecule is CC(C)Oc1cc(-c2ncn(/C=C/C(=O)OCc3nncs3)n2)cc(C(F)(F)F)c1. The largest absolute Gasteiger partial charge is 0.491 e. The molecule has 0 amide bonds. The van der Waals surface area contributed by atoms with Crippen LogP contribution in [0.1, 0.15) is 24.4 Å². The number of nitrogens with zero attached hydrogens (tertiary/aromatic N) is 5. The summed E-state index contributed by atoms with van der Waals surface area (Å²) < 4.78 is 51.2. The number of hydrogen-bond donors (Lipinski definition) is 0. The Labute approximate surface area is 173 Å². The Hall–Kier alpha value is -3.28. The highest BCUT2D eigenvalue weighted by Crippen LogP contribution is 2.35. The third kappa shape index (κ3) is 5.86. The van der Waals surface area contributed by atoms with Gasteiger partial charge >= 0.3 is 12.1 Å². The van der Waals surface area contributed by atoms with Crippen molar-refractivity contribution >= 4 is 23.5 Å². The van der Waals surface area contributed by atoms with Crippen LogP contribution < -0.4 is 4.74 Å². The Bertz CT molecular complexity index is 1030. The molecular weight excluding hydrogens is 423 g/mol. The van der Waals surface area contributed by atoms with Gasteiger partial charge in [-0.1, -0.05) is 0 Å². The summed E-state index contributed by atoms with van der Waals surface area (Å²) in [4.78, 5) is 15.7. The van der Waals surface area contributed by atoms with Crippen molar-refractivity contribution < 1.29 is 27.4 Å².